The lowest BCUT2D eigenvalue weighted by Crippen LogP contribution is -1.94. The molecule has 1 aliphatic carbocycles. The van der Waals surface area contributed by atoms with Crippen LogP contribution >= 0.6 is 0 Å². The van der Waals surface area contributed by atoms with Gasteiger partial charge < -0.3 is 5.73 Å². The summed E-state index contributed by atoms with van der Waals surface area (Å²) >= 11 is 0. The van der Waals surface area contributed by atoms with Crippen molar-refractivity contribution in [3.8, 4) is 0 Å². The molecule has 0 atom stereocenters. The molecule has 0 aromatic rings. The summed E-state index contributed by atoms with van der Waals surface area (Å²) in [7, 11) is 0. The van der Waals surface area contributed by atoms with Gasteiger partial charge in [0.1, 0.15) is 0 Å². The Morgan fingerprint density at radius 2 is 1.91 bits per heavy atom. The predicted octanol–water partition coefficient (Wildman–Crippen LogP) is 2.47. The molecule has 1 aliphatic rings. The Balaban J connectivity index is 1.97. The zero-order chi connectivity index (χ0) is 7.94. The molecule has 1 nitrogen and oxygen atoms in total. The third-order valence-electron chi connectivity index (χ3n) is 2.52. The second-order valence-electron chi connectivity index (χ2n) is 3.43. The topological polar surface area (TPSA) is 26.0 Å². The van der Waals surface area contributed by atoms with Crippen LogP contribution in [0.25, 0.3) is 0 Å². The molecule has 64 valence electrons. The van der Waals surface area contributed by atoms with E-state index in [1.165, 1.54) is 38.5 Å². The zero-order valence-electron chi connectivity index (χ0n) is 7.26. The van der Waals surface area contributed by atoms with Crippen LogP contribution in [0, 0.1) is 5.92 Å². The third kappa shape index (κ3) is 3.57. The lowest BCUT2D eigenvalue weighted by atomic mass is 10.0. The van der Waals surface area contributed by atoms with Crippen LogP contribution in [-0.2, 0) is 0 Å². The van der Waals surface area contributed by atoms with Gasteiger partial charge in [-0.3, -0.25) is 0 Å². The maximum atomic E-state index is 5.34. The molecule has 0 bridgehead atoms. The summed E-state index contributed by atoms with van der Waals surface area (Å²) in [6.45, 7) is 0.699. The van der Waals surface area contributed by atoms with Crippen LogP contribution in [0.15, 0.2) is 12.2 Å². The molecule has 0 unspecified atom stereocenters. The minimum absolute atomic E-state index is 0.699. The molecule has 11 heavy (non-hydrogen) atoms. The first kappa shape index (κ1) is 8.79. The van der Waals surface area contributed by atoms with Gasteiger partial charge in [-0.2, -0.15) is 0 Å². The van der Waals surface area contributed by atoms with Crippen molar-refractivity contribution in [2.75, 3.05) is 6.54 Å². The monoisotopic (exact) mass is 153 g/mol. The molecule has 0 amide bonds. The van der Waals surface area contributed by atoms with Gasteiger partial charge in [0.25, 0.3) is 0 Å². The van der Waals surface area contributed by atoms with E-state index in [0.29, 0.717) is 6.54 Å². The van der Waals surface area contributed by atoms with Crippen molar-refractivity contribution in [1.82, 2.24) is 0 Å². The van der Waals surface area contributed by atoms with Gasteiger partial charge in [0.2, 0.25) is 0 Å². The van der Waals surface area contributed by atoms with Gasteiger partial charge in [-0.15, -0.1) is 0 Å². The average molecular weight is 153 g/mol. The number of hydrogen-bond acceptors (Lipinski definition) is 1. The Labute approximate surface area is 69.7 Å². The van der Waals surface area contributed by atoms with Crippen LogP contribution in [0.5, 0.6) is 0 Å². The van der Waals surface area contributed by atoms with Gasteiger partial charge in [-0.1, -0.05) is 37.8 Å². The van der Waals surface area contributed by atoms with Crippen molar-refractivity contribution in [3.05, 3.63) is 12.2 Å². The summed E-state index contributed by atoms with van der Waals surface area (Å²) in [5.74, 6) is 1.03. The molecule has 1 fully saturated rings. The highest BCUT2D eigenvalue weighted by molar-refractivity contribution is 4.83. The van der Waals surface area contributed by atoms with E-state index < -0.39 is 0 Å². The summed E-state index contributed by atoms with van der Waals surface area (Å²) in [6.07, 6.45) is 12.8. The highest BCUT2D eigenvalue weighted by Crippen LogP contribution is 2.28. The molecule has 0 spiro atoms. The van der Waals surface area contributed by atoms with Gasteiger partial charge in [0.05, 0.1) is 0 Å². The van der Waals surface area contributed by atoms with E-state index in [2.05, 4.69) is 12.2 Å². The van der Waals surface area contributed by atoms with E-state index in [0.717, 1.165) is 5.92 Å². The average Bonchev–Trinajstić information content (AvgIpc) is 2.50. The normalized spacial score (nSPS) is 20.1. The first-order chi connectivity index (χ1) is 5.43. The molecule has 0 aromatic heterocycles. The van der Waals surface area contributed by atoms with Crippen LogP contribution in [0.1, 0.15) is 38.5 Å². The highest BCUT2D eigenvalue weighted by Gasteiger charge is 2.12. The molecule has 0 radical (unpaired) electrons. The van der Waals surface area contributed by atoms with Gasteiger partial charge in [-0.25, -0.2) is 0 Å². The zero-order valence-corrected chi connectivity index (χ0v) is 7.26. The number of nitrogens with two attached hydrogens (primary N) is 1. The van der Waals surface area contributed by atoms with Gasteiger partial charge >= 0.3 is 0 Å². The predicted molar refractivity (Wildman–Crippen MR) is 49.4 cm³/mol. The first-order valence-electron chi connectivity index (χ1n) is 4.78. The quantitative estimate of drug-likeness (QED) is 0.617. The fourth-order valence-electron chi connectivity index (χ4n) is 1.85. The molecule has 0 aromatic carbocycles. The Hall–Kier alpha value is -0.300. The summed E-state index contributed by atoms with van der Waals surface area (Å²) in [6, 6.07) is 0. The maximum Gasteiger partial charge on any atom is 0.0106 e. The van der Waals surface area contributed by atoms with Gasteiger partial charge in [-0.05, 0) is 18.8 Å². The summed E-state index contributed by atoms with van der Waals surface area (Å²) in [5.41, 5.74) is 5.34. The van der Waals surface area contributed by atoms with E-state index in [-0.39, 0.29) is 0 Å². The summed E-state index contributed by atoms with van der Waals surface area (Å²) in [4.78, 5) is 0. The first-order valence-corrected chi connectivity index (χ1v) is 4.78. The standard InChI is InChI=1S/C10H19N/c11-9-5-1-2-6-10-7-3-4-8-10/h1,5,10H,2-4,6-9,11H2/b5-1+. The molecular weight excluding hydrogens is 134 g/mol. The van der Waals surface area contributed by atoms with Crippen molar-refractivity contribution in [2.24, 2.45) is 11.7 Å². The van der Waals surface area contributed by atoms with Gasteiger partial charge in [0.15, 0.2) is 0 Å². The van der Waals surface area contributed by atoms with E-state index in [9.17, 15) is 0 Å². The third-order valence-corrected chi connectivity index (χ3v) is 2.52. The Morgan fingerprint density at radius 1 is 1.18 bits per heavy atom. The summed E-state index contributed by atoms with van der Waals surface area (Å²) in [5, 5.41) is 0. The Morgan fingerprint density at radius 3 is 2.55 bits per heavy atom. The molecule has 0 heterocycles. The molecule has 1 saturated carbocycles. The molecule has 0 saturated heterocycles. The molecular formula is C10H19N. The second kappa shape index (κ2) is 5.36. The van der Waals surface area contributed by atoms with Crippen LogP contribution in [0.2, 0.25) is 0 Å². The lowest BCUT2D eigenvalue weighted by molar-refractivity contribution is 0.508. The molecule has 0 aliphatic heterocycles. The van der Waals surface area contributed by atoms with Gasteiger partial charge in [0, 0.05) is 6.54 Å². The maximum absolute atomic E-state index is 5.34. The molecule has 1 rings (SSSR count). The number of rotatable bonds is 4. The fourth-order valence-corrected chi connectivity index (χ4v) is 1.85. The Kier molecular flexibility index (Phi) is 4.29. The van der Waals surface area contributed by atoms with Crippen molar-refractivity contribution < 1.29 is 0 Å². The minimum Gasteiger partial charge on any atom is -0.327 e. The van der Waals surface area contributed by atoms with Crippen molar-refractivity contribution in [2.45, 2.75) is 38.5 Å². The van der Waals surface area contributed by atoms with Crippen molar-refractivity contribution >= 4 is 0 Å². The number of allylic oxidation sites excluding steroid dienone is 1. The van der Waals surface area contributed by atoms with Crippen molar-refractivity contribution in [3.63, 3.8) is 0 Å². The fraction of sp³-hybridized carbons (Fsp3) is 0.800. The van der Waals surface area contributed by atoms with E-state index in [1.54, 1.807) is 0 Å². The summed E-state index contributed by atoms with van der Waals surface area (Å²) < 4.78 is 0. The molecule has 2 N–H and O–H groups in total. The van der Waals surface area contributed by atoms with E-state index in [4.69, 9.17) is 5.73 Å². The Bertz CT molecular complexity index is 112. The molecule has 1 heteroatoms. The van der Waals surface area contributed by atoms with Crippen molar-refractivity contribution in [1.29, 1.82) is 0 Å². The lowest BCUT2D eigenvalue weighted by Gasteiger charge is -2.04. The highest BCUT2D eigenvalue weighted by atomic mass is 14.5. The van der Waals surface area contributed by atoms with Crippen LogP contribution in [0.3, 0.4) is 0 Å². The van der Waals surface area contributed by atoms with Crippen LogP contribution in [-0.4, -0.2) is 6.54 Å². The minimum atomic E-state index is 0.699. The largest absolute Gasteiger partial charge is 0.327 e. The van der Waals surface area contributed by atoms with E-state index in [1.807, 2.05) is 0 Å². The van der Waals surface area contributed by atoms with Crippen LogP contribution < -0.4 is 5.73 Å². The second-order valence-corrected chi connectivity index (χ2v) is 3.43. The SMILES string of the molecule is NC/C=C/CCC1CCCC1. The van der Waals surface area contributed by atoms with E-state index >= 15 is 0 Å². The number of hydrogen-bond donors (Lipinski definition) is 1. The smallest absolute Gasteiger partial charge is 0.0106 e. The van der Waals surface area contributed by atoms with Crippen LogP contribution in [0.4, 0.5) is 0 Å².